The van der Waals surface area contributed by atoms with Gasteiger partial charge in [0, 0.05) is 30.7 Å². The molecular formula is C15H18N4. The lowest BCUT2D eigenvalue weighted by atomic mass is 9.94. The van der Waals surface area contributed by atoms with E-state index in [4.69, 9.17) is 4.98 Å². The number of hydrogen-bond acceptors (Lipinski definition) is 4. The molecule has 98 valence electrons. The molecule has 3 heterocycles. The van der Waals surface area contributed by atoms with Crippen molar-refractivity contribution >= 4 is 16.9 Å². The van der Waals surface area contributed by atoms with Crippen molar-refractivity contribution in [3.63, 3.8) is 0 Å². The Bertz CT molecular complexity index is 583. The van der Waals surface area contributed by atoms with Crippen LogP contribution in [0.5, 0.6) is 0 Å². The first-order valence-corrected chi connectivity index (χ1v) is 7.10. The van der Waals surface area contributed by atoms with Crippen molar-refractivity contribution in [3.8, 4) is 0 Å². The van der Waals surface area contributed by atoms with Gasteiger partial charge in [-0.05, 0) is 31.4 Å². The summed E-state index contributed by atoms with van der Waals surface area (Å²) in [6.07, 6.45) is 4.57. The third-order valence-corrected chi connectivity index (χ3v) is 4.36. The second-order valence-corrected chi connectivity index (χ2v) is 5.60. The van der Waals surface area contributed by atoms with E-state index in [0.717, 1.165) is 42.4 Å². The molecule has 2 saturated heterocycles. The summed E-state index contributed by atoms with van der Waals surface area (Å²) in [6.45, 7) is 3.30. The maximum absolute atomic E-state index is 4.70. The van der Waals surface area contributed by atoms with Gasteiger partial charge in [-0.3, -0.25) is 0 Å². The average Bonchev–Trinajstić information content (AvgIpc) is 2.90. The molecule has 4 heteroatoms. The van der Waals surface area contributed by atoms with E-state index in [2.05, 4.69) is 27.3 Å². The first-order chi connectivity index (χ1) is 9.40. The Hall–Kier alpha value is -1.68. The smallest absolute Gasteiger partial charge is 0.225 e. The third kappa shape index (κ3) is 1.96. The van der Waals surface area contributed by atoms with Crippen LogP contribution in [0.3, 0.4) is 0 Å². The minimum atomic E-state index is 0.629. The Labute approximate surface area is 112 Å². The van der Waals surface area contributed by atoms with Crippen LogP contribution in [0.15, 0.2) is 30.5 Å². The van der Waals surface area contributed by atoms with E-state index >= 15 is 0 Å². The second kappa shape index (κ2) is 4.46. The molecule has 0 amide bonds. The Morgan fingerprint density at radius 3 is 3.11 bits per heavy atom. The van der Waals surface area contributed by atoms with E-state index < -0.39 is 0 Å². The molecule has 2 aliphatic heterocycles. The van der Waals surface area contributed by atoms with Crippen molar-refractivity contribution in [3.05, 3.63) is 30.5 Å². The van der Waals surface area contributed by atoms with Gasteiger partial charge in [-0.15, -0.1) is 0 Å². The monoisotopic (exact) mass is 254 g/mol. The van der Waals surface area contributed by atoms with Crippen LogP contribution in [-0.4, -0.2) is 35.6 Å². The van der Waals surface area contributed by atoms with Gasteiger partial charge in [-0.25, -0.2) is 9.97 Å². The van der Waals surface area contributed by atoms with Crippen LogP contribution in [0.25, 0.3) is 10.9 Å². The topological polar surface area (TPSA) is 41.1 Å². The Morgan fingerprint density at radius 1 is 1.21 bits per heavy atom. The minimum absolute atomic E-state index is 0.629. The normalized spacial score (nSPS) is 26.6. The molecule has 1 aromatic heterocycles. The minimum Gasteiger partial charge on any atom is -0.339 e. The summed E-state index contributed by atoms with van der Waals surface area (Å²) >= 11 is 0. The van der Waals surface area contributed by atoms with Crippen LogP contribution in [0.4, 0.5) is 5.95 Å². The Morgan fingerprint density at radius 2 is 2.16 bits per heavy atom. The van der Waals surface area contributed by atoms with Crippen molar-refractivity contribution in [1.82, 2.24) is 15.3 Å². The summed E-state index contributed by atoms with van der Waals surface area (Å²) in [5.74, 6) is 1.65. The van der Waals surface area contributed by atoms with Crippen molar-refractivity contribution in [2.75, 3.05) is 24.5 Å². The molecule has 0 radical (unpaired) electrons. The van der Waals surface area contributed by atoms with Crippen molar-refractivity contribution < 1.29 is 0 Å². The maximum Gasteiger partial charge on any atom is 0.225 e. The molecule has 19 heavy (non-hydrogen) atoms. The van der Waals surface area contributed by atoms with Crippen LogP contribution in [-0.2, 0) is 0 Å². The number of piperidine rings is 1. The highest BCUT2D eigenvalue weighted by atomic mass is 15.3. The lowest BCUT2D eigenvalue weighted by molar-refractivity contribution is 0.340. The fourth-order valence-electron chi connectivity index (χ4n) is 3.32. The van der Waals surface area contributed by atoms with Gasteiger partial charge in [0.1, 0.15) is 0 Å². The molecular weight excluding hydrogens is 236 g/mol. The van der Waals surface area contributed by atoms with Gasteiger partial charge in [0.05, 0.1) is 5.52 Å². The number of fused-ring (bicyclic) bond motifs is 2. The van der Waals surface area contributed by atoms with E-state index in [-0.39, 0.29) is 0 Å². The number of hydrogen-bond donors (Lipinski definition) is 1. The molecule has 2 atom stereocenters. The van der Waals surface area contributed by atoms with Gasteiger partial charge in [0.25, 0.3) is 0 Å². The van der Waals surface area contributed by atoms with Crippen LogP contribution in [0.2, 0.25) is 0 Å². The number of rotatable bonds is 1. The highest BCUT2D eigenvalue weighted by Gasteiger charge is 2.35. The molecule has 0 spiro atoms. The van der Waals surface area contributed by atoms with Crippen LogP contribution in [0.1, 0.15) is 12.8 Å². The zero-order chi connectivity index (χ0) is 12.7. The Kier molecular flexibility index (Phi) is 2.62. The highest BCUT2D eigenvalue weighted by molar-refractivity contribution is 5.78. The molecule has 0 aliphatic carbocycles. The molecule has 2 fully saturated rings. The largest absolute Gasteiger partial charge is 0.339 e. The van der Waals surface area contributed by atoms with E-state index in [0.29, 0.717) is 6.04 Å². The van der Waals surface area contributed by atoms with Gasteiger partial charge in [0.15, 0.2) is 0 Å². The van der Waals surface area contributed by atoms with Crippen molar-refractivity contribution in [1.29, 1.82) is 0 Å². The SMILES string of the molecule is c1ccc2nc(N3C[C@@H]4CCCN[C@@H]4C3)ncc2c1. The van der Waals surface area contributed by atoms with Crippen LogP contribution in [0, 0.1) is 5.92 Å². The summed E-state index contributed by atoms with van der Waals surface area (Å²) in [4.78, 5) is 11.6. The standard InChI is InChI=1S/C15H18N4/c1-2-6-13-11(4-1)8-17-15(18-13)19-9-12-5-3-7-16-14(12)10-19/h1-2,4,6,8,12,14,16H,3,5,7,9-10H2/t12-,14+/m0/s1. The number of nitrogens with one attached hydrogen (secondary N) is 1. The summed E-state index contributed by atoms with van der Waals surface area (Å²) in [6, 6.07) is 8.81. The molecule has 2 aliphatic rings. The third-order valence-electron chi connectivity index (χ3n) is 4.36. The predicted octanol–water partition coefficient (Wildman–Crippen LogP) is 1.82. The fourth-order valence-corrected chi connectivity index (χ4v) is 3.32. The summed E-state index contributed by atoms with van der Waals surface area (Å²) in [5.41, 5.74) is 1.04. The number of aromatic nitrogens is 2. The van der Waals surface area contributed by atoms with Crippen LogP contribution < -0.4 is 10.2 Å². The molecule has 4 nitrogen and oxygen atoms in total. The summed E-state index contributed by atoms with van der Waals surface area (Å²) in [5, 5.41) is 4.73. The van der Waals surface area contributed by atoms with Gasteiger partial charge in [-0.2, -0.15) is 0 Å². The highest BCUT2D eigenvalue weighted by Crippen LogP contribution is 2.27. The van der Waals surface area contributed by atoms with Crippen LogP contribution >= 0.6 is 0 Å². The van der Waals surface area contributed by atoms with Gasteiger partial charge >= 0.3 is 0 Å². The molecule has 2 aromatic rings. The van der Waals surface area contributed by atoms with Gasteiger partial charge in [-0.1, -0.05) is 18.2 Å². The maximum atomic E-state index is 4.70. The van der Waals surface area contributed by atoms with E-state index in [1.165, 1.54) is 12.8 Å². The Balaban J connectivity index is 1.64. The first kappa shape index (κ1) is 11.2. The quantitative estimate of drug-likeness (QED) is 0.843. The average molecular weight is 254 g/mol. The molecule has 0 bridgehead atoms. The number of anilines is 1. The van der Waals surface area contributed by atoms with E-state index in [9.17, 15) is 0 Å². The van der Waals surface area contributed by atoms with Gasteiger partial charge in [0.2, 0.25) is 5.95 Å². The van der Waals surface area contributed by atoms with E-state index in [1.807, 2.05) is 18.3 Å². The number of para-hydroxylation sites is 1. The number of nitrogens with zero attached hydrogens (tertiary/aromatic N) is 3. The van der Waals surface area contributed by atoms with Crippen molar-refractivity contribution in [2.45, 2.75) is 18.9 Å². The molecule has 1 N–H and O–H groups in total. The lowest BCUT2D eigenvalue weighted by Crippen LogP contribution is -2.40. The zero-order valence-electron chi connectivity index (χ0n) is 10.9. The molecule has 4 rings (SSSR count). The predicted molar refractivity (Wildman–Crippen MR) is 76.3 cm³/mol. The summed E-state index contributed by atoms with van der Waals surface area (Å²) < 4.78 is 0. The van der Waals surface area contributed by atoms with Crippen molar-refractivity contribution in [2.24, 2.45) is 5.92 Å². The molecule has 0 saturated carbocycles. The zero-order valence-corrected chi connectivity index (χ0v) is 10.9. The number of benzene rings is 1. The summed E-state index contributed by atoms with van der Waals surface area (Å²) in [7, 11) is 0. The van der Waals surface area contributed by atoms with E-state index in [1.54, 1.807) is 0 Å². The molecule has 1 aromatic carbocycles. The second-order valence-electron chi connectivity index (χ2n) is 5.60. The molecule has 0 unspecified atom stereocenters. The first-order valence-electron chi connectivity index (χ1n) is 7.10. The lowest BCUT2D eigenvalue weighted by Gasteiger charge is -2.24. The fraction of sp³-hybridized carbons (Fsp3) is 0.467. The van der Waals surface area contributed by atoms with Gasteiger partial charge < -0.3 is 10.2 Å².